The van der Waals surface area contributed by atoms with Gasteiger partial charge in [0.15, 0.2) is 0 Å². The van der Waals surface area contributed by atoms with E-state index < -0.39 is 5.60 Å². The van der Waals surface area contributed by atoms with Gasteiger partial charge in [-0.3, -0.25) is 14.4 Å². The van der Waals surface area contributed by atoms with E-state index in [0.717, 1.165) is 25.7 Å². The molecule has 350 valence electrons. The second-order valence-electron chi connectivity index (χ2n) is 20.8. The van der Waals surface area contributed by atoms with Gasteiger partial charge in [-0.15, -0.1) is 0 Å². The summed E-state index contributed by atoms with van der Waals surface area (Å²) in [5.74, 6) is -0.201. The largest absolute Gasteiger partial charge is 0.462 e. The van der Waals surface area contributed by atoms with Crippen molar-refractivity contribution in [1.29, 1.82) is 0 Å². The summed E-state index contributed by atoms with van der Waals surface area (Å²) in [5, 5.41) is 2.06. The summed E-state index contributed by atoms with van der Waals surface area (Å²) in [6, 6.07) is 0. The van der Waals surface area contributed by atoms with Gasteiger partial charge in [0.25, 0.3) is 0 Å². The van der Waals surface area contributed by atoms with E-state index in [-0.39, 0.29) is 35.7 Å². The maximum absolute atomic E-state index is 12.9. The van der Waals surface area contributed by atoms with Crippen molar-refractivity contribution in [2.75, 3.05) is 6.61 Å². The lowest BCUT2D eigenvalue weighted by molar-refractivity contribution is -0.307. The molecule has 0 unspecified atom stereocenters. The quantitative estimate of drug-likeness (QED) is 0.0452. The zero-order chi connectivity index (χ0) is 43.5. The Morgan fingerprint density at radius 2 is 0.729 bits per heavy atom. The fourth-order valence-corrected chi connectivity index (χ4v) is 9.45. The molecule has 0 aliphatic carbocycles. The molecule has 1 aliphatic heterocycles. The van der Waals surface area contributed by atoms with Crippen molar-refractivity contribution in [2.45, 2.75) is 322 Å². The van der Waals surface area contributed by atoms with E-state index in [1.807, 2.05) is 13.8 Å². The average molecular weight is 834 g/mol. The number of ether oxygens (including phenoxy) is 2. The molecular formula is C53H103NO5. The van der Waals surface area contributed by atoms with Crippen molar-refractivity contribution in [2.24, 2.45) is 0 Å². The SMILES string of the molecule is CCCCCCCCCCCCCCCCCCCC(=O)OC1CC(C)(C)N(OCC(C)(C)OC(=O)CCCCCCCCCCCCCCCCCCC)C(C)(C)C1. The van der Waals surface area contributed by atoms with Crippen LogP contribution in [0.3, 0.4) is 0 Å². The molecule has 0 aromatic rings. The first kappa shape index (κ1) is 55.9. The molecular weight excluding hydrogens is 731 g/mol. The molecule has 0 saturated carbocycles. The van der Waals surface area contributed by atoms with Gasteiger partial charge in [0, 0.05) is 36.8 Å². The van der Waals surface area contributed by atoms with Crippen molar-refractivity contribution >= 4 is 11.9 Å². The molecule has 0 bridgehead atoms. The molecule has 0 aromatic heterocycles. The van der Waals surface area contributed by atoms with E-state index in [9.17, 15) is 9.59 Å². The molecule has 0 amide bonds. The van der Waals surface area contributed by atoms with Crippen molar-refractivity contribution in [3.05, 3.63) is 0 Å². The Kier molecular flexibility index (Phi) is 33.5. The predicted octanol–water partition coefficient (Wildman–Crippen LogP) is 16.9. The molecule has 1 saturated heterocycles. The highest BCUT2D eigenvalue weighted by Gasteiger charge is 2.48. The van der Waals surface area contributed by atoms with E-state index in [1.54, 1.807) is 0 Å². The summed E-state index contributed by atoms with van der Waals surface area (Å²) < 4.78 is 12.0. The number of unbranched alkanes of at least 4 members (excludes halogenated alkanes) is 32. The Labute approximate surface area is 368 Å². The van der Waals surface area contributed by atoms with Crippen LogP contribution < -0.4 is 0 Å². The lowest BCUT2D eigenvalue weighted by atomic mass is 9.80. The number of nitrogens with zero attached hydrogens (tertiary/aromatic N) is 1. The molecule has 1 fully saturated rings. The van der Waals surface area contributed by atoms with Crippen LogP contribution in [0.25, 0.3) is 0 Å². The van der Waals surface area contributed by atoms with E-state index in [0.29, 0.717) is 25.7 Å². The normalized spacial score (nSPS) is 15.8. The van der Waals surface area contributed by atoms with Crippen LogP contribution in [0.15, 0.2) is 0 Å². The van der Waals surface area contributed by atoms with Crippen LogP contribution in [0.1, 0.15) is 299 Å². The summed E-state index contributed by atoms with van der Waals surface area (Å²) in [5.41, 5.74) is -1.41. The molecule has 59 heavy (non-hydrogen) atoms. The van der Waals surface area contributed by atoms with Gasteiger partial charge in [-0.25, -0.2) is 0 Å². The molecule has 0 N–H and O–H groups in total. The maximum atomic E-state index is 12.9. The van der Waals surface area contributed by atoms with Crippen LogP contribution in [-0.2, 0) is 23.9 Å². The number of esters is 2. The molecule has 0 radical (unpaired) electrons. The summed E-state index contributed by atoms with van der Waals surface area (Å²) in [6.45, 7) is 17.4. The first-order chi connectivity index (χ1) is 28.3. The monoisotopic (exact) mass is 834 g/mol. The Morgan fingerprint density at radius 3 is 1.03 bits per heavy atom. The minimum absolute atomic E-state index is 0.0652. The third-order valence-corrected chi connectivity index (χ3v) is 12.8. The zero-order valence-electron chi connectivity index (χ0n) is 41.1. The van der Waals surface area contributed by atoms with Crippen molar-refractivity contribution < 1.29 is 23.9 Å². The summed E-state index contributed by atoms with van der Waals surface area (Å²) in [6.07, 6.45) is 47.6. The van der Waals surface area contributed by atoms with E-state index in [4.69, 9.17) is 14.3 Å². The topological polar surface area (TPSA) is 65.1 Å². The minimum Gasteiger partial charge on any atom is -0.462 e. The Balaban J connectivity index is 2.13. The standard InChI is InChI=1S/C53H103NO5/c1-9-11-13-15-17-19-21-23-25-27-29-31-33-35-37-39-41-43-49(55)58-48-45-51(3,4)54(52(5,6)46-48)57-47-53(7,8)59-50(56)44-42-40-38-36-34-32-30-28-26-24-22-20-18-16-14-12-10-2/h48H,9-47H2,1-8H3. The molecule has 0 spiro atoms. The second kappa shape index (κ2) is 35.3. The highest BCUT2D eigenvalue weighted by atomic mass is 16.7. The summed E-state index contributed by atoms with van der Waals surface area (Å²) in [4.78, 5) is 32.1. The number of hydroxylamine groups is 2. The highest BCUT2D eigenvalue weighted by molar-refractivity contribution is 5.70. The zero-order valence-corrected chi connectivity index (χ0v) is 41.1. The number of carbonyl (C=O) groups excluding carboxylic acids is 2. The third-order valence-electron chi connectivity index (χ3n) is 12.8. The van der Waals surface area contributed by atoms with Gasteiger partial charge in [-0.05, 0) is 54.4 Å². The number of rotatable bonds is 41. The predicted molar refractivity (Wildman–Crippen MR) is 253 cm³/mol. The number of carbonyl (C=O) groups is 2. The van der Waals surface area contributed by atoms with Crippen LogP contribution in [0.5, 0.6) is 0 Å². The van der Waals surface area contributed by atoms with Gasteiger partial charge in [0.05, 0.1) is 0 Å². The molecule has 0 atom stereocenters. The molecule has 0 aromatic carbocycles. The van der Waals surface area contributed by atoms with Crippen molar-refractivity contribution in [1.82, 2.24) is 5.06 Å². The first-order valence-corrected chi connectivity index (χ1v) is 26.2. The molecule has 1 heterocycles. The lowest BCUT2D eigenvalue weighted by Crippen LogP contribution is -2.62. The van der Waals surface area contributed by atoms with Gasteiger partial charge >= 0.3 is 11.9 Å². The number of hydrogen-bond donors (Lipinski definition) is 0. The third kappa shape index (κ3) is 31.4. The number of hydrogen-bond acceptors (Lipinski definition) is 6. The van der Waals surface area contributed by atoms with E-state index >= 15 is 0 Å². The second-order valence-corrected chi connectivity index (χ2v) is 20.8. The van der Waals surface area contributed by atoms with Gasteiger partial charge in [-0.1, -0.05) is 219 Å². The van der Waals surface area contributed by atoms with Crippen LogP contribution in [-0.4, -0.2) is 46.4 Å². The maximum Gasteiger partial charge on any atom is 0.306 e. The minimum atomic E-state index is -0.728. The first-order valence-electron chi connectivity index (χ1n) is 26.2. The Morgan fingerprint density at radius 1 is 0.458 bits per heavy atom. The van der Waals surface area contributed by atoms with Gasteiger partial charge in [0.2, 0.25) is 0 Å². The Bertz CT molecular complexity index is 974. The van der Waals surface area contributed by atoms with Crippen molar-refractivity contribution in [3.63, 3.8) is 0 Å². The van der Waals surface area contributed by atoms with Crippen LogP contribution in [0.2, 0.25) is 0 Å². The van der Waals surface area contributed by atoms with Gasteiger partial charge < -0.3 is 9.47 Å². The fraction of sp³-hybridized carbons (Fsp3) is 0.962. The smallest absolute Gasteiger partial charge is 0.306 e. The average Bonchev–Trinajstić information content (AvgIpc) is 3.16. The van der Waals surface area contributed by atoms with Crippen LogP contribution in [0.4, 0.5) is 0 Å². The van der Waals surface area contributed by atoms with Crippen LogP contribution in [0, 0.1) is 0 Å². The van der Waals surface area contributed by atoms with E-state index in [2.05, 4.69) is 46.6 Å². The molecule has 6 heteroatoms. The molecule has 6 nitrogen and oxygen atoms in total. The summed E-state index contributed by atoms with van der Waals surface area (Å²) >= 11 is 0. The number of piperidine rings is 1. The fourth-order valence-electron chi connectivity index (χ4n) is 9.45. The summed E-state index contributed by atoms with van der Waals surface area (Å²) in [7, 11) is 0. The lowest BCUT2D eigenvalue weighted by Gasteiger charge is -2.53. The Hall–Kier alpha value is -1.14. The van der Waals surface area contributed by atoms with Gasteiger partial charge in [0.1, 0.15) is 18.3 Å². The van der Waals surface area contributed by atoms with E-state index in [1.165, 1.54) is 193 Å². The highest BCUT2D eigenvalue weighted by Crippen LogP contribution is 2.40. The van der Waals surface area contributed by atoms with Crippen LogP contribution >= 0.6 is 0 Å². The molecule has 1 aliphatic rings. The van der Waals surface area contributed by atoms with Crippen molar-refractivity contribution in [3.8, 4) is 0 Å². The van der Waals surface area contributed by atoms with Gasteiger partial charge in [-0.2, -0.15) is 5.06 Å². The molecule has 1 rings (SSSR count).